The van der Waals surface area contributed by atoms with Crippen LogP contribution in [0.1, 0.15) is 28.0 Å². The summed E-state index contributed by atoms with van der Waals surface area (Å²) in [6.45, 7) is 1.27. The van der Waals surface area contributed by atoms with E-state index >= 15 is 0 Å². The SMILES string of the molecule is O=C(N[C@H]1CCOC1)c1cc(Cc2ccc(-c3nccs3)cc2)c2sccc2n1. The standard InChI is InChI=1S/C22H19N3O2S2/c26-21(24-17-5-8-27-13-17)19-12-16(20-18(25-19)6-9-28-20)11-14-1-3-15(4-2-14)22-23-7-10-29-22/h1-4,6-7,9-10,12,17H,5,8,11,13H2,(H,24,26)/t17-/m0/s1. The first-order chi connectivity index (χ1) is 14.3. The summed E-state index contributed by atoms with van der Waals surface area (Å²) in [6, 6.07) is 12.5. The van der Waals surface area contributed by atoms with Crippen LogP contribution in [0.25, 0.3) is 20.8 Å². The molecule has 0 radical (unpaired) electrons. The van der Waals surface area contributed by atoms with Gasteiger partial charge in [-0.25, -0.2) is 9.97 Å². The molecule has 1 aromatic carbocycles. The summed E-state index contributed by atoms with van der Waals surface area (Å²) in [4.78, 5) is 21.7. The molecule has 4 heterocycles. The second kappa shape index (κ2) is 8.02. The van der Waals surface area contributed by atoms with E-state index in [4.69, 9.17) is 4.74 Å². The number of pyridine rings is 1. The second-order valence-corrected chi connectivity index (χ2v) is 8.86. The van der Waals surface area contributed by atoms with Gasteiger partial charge in [-0.05, 0) is 41.5 Å². The maximum Gasteiger partial charge on any atom is 0.270 e. The first kappa shape index (κ1) is 18.4. The van der Waals surface area contributed by atoms with Crippen molar-refractivity contribution in [2.75, 3.05) is 13.2 Å². The Bertz CT molecular complexity index is 1130. The van der Waals surface area contributed by atoms with E-state index in [1.807, 2.05) is 29.1 Å². The third kappa shape index (κ3) is 3.94. The van der Waals surface area contributed by atoms with Crippen molar-refractivity contribution in [1.29, 1.82) is 0 Å². The minimum absolute atomic E-state index is 0.0735. The molecule has 3 aromatic heterocycles. The first-order valence-electron chi connectivity index (χ1n) is 9.51. The highest BCUT2D eigenvalue weighted by atomic mass is 32.1. The molecule has 1 N–H and O–H groups in total. The molecule has 1 aliphatic heterocycles. The van der Waals surface area contributed by atoms with Gasteiger partial charge >= 0.3 is 0 Å². The van der Waals surface area contributed by atoms with Crippen LogP contribution >= 0.6 is 22.7 Å². The van der Waals surface area contributed by atoms with Crippen molar-refractivity contribution in [2.24, 2.45) is 0 Å². The first-order valence-corrected chi connectivity index (χ1v) is 11.3. The van der Waals surface area contributed by atoms with Crippen LogP contribution in [0.4, 0.5) is 0 Å². The lowest BCUT2D eigenvalue weighted by molar-refractivity contribution is 0.0925. The number of amides is 1. The van der Waals surface area contributed by atoms with Crippen molar-refractivity contribution in [3.63, 3.8) is 0 Å². The quantitative estimate of drug-likeness (QED) is 0.514. The van der Waals surface area contributed by atoms with Gasteiger partial charge in [0, 0.05) is 23.7 Å². The number of aromatic nitrogens is 2. The van der Waals surface area contributed by atoms with E-state index in [2.05, 4.69) is 39.6 Å². The maximum absolute atomic E-state index is 12.7. The van der Waals surface area contributed by atoms with E-state index in [0.717, 1.165) is 39.2 Å². The molecule has 1 fully saturated rings. The fraction of sp³-hybridized carbons (Fsp3) is 0.227. The van der Waals surface area contributed by atoms with Crippen molar-refractivity contribution < 1.29 is 9.53 Å². The van der Waals surface area contributed by atoms with Crippen molar-refractivity contribution in [3.05, 3.63) is 70.2 Å². The van der Waals surface area contributed by atoms with Gasteiger partial charge in [0.25, 0.3) is 5.91 Å². The Morgan fingerprint density at radius 2 is 2.07 bits per heavy atom. The number of nitrogens with zero attached hydrogens (tertiary/aromatic N) is 2. The molecule has 1 amide bonds. The molecule has 29 heavy (non-hydrogen) atoms. The Morgan fingerprint density at radius 1 is 1.17 bits per heavy atom. The third-order valence-electron chi connectivity index (χ3n) is 5.01. The number of hydrogen-bond acceptors (Lipinski definition) is 6. The zero-order valence-corrected chi connectivity index (χ0v) is 17.3. The lowest BCUT2D eigenvalue weighted by Crippen LogP contribution is -2.35. The number of hydrogen-bond donors (Lipinski definition) is 1. The third-order valence-corrected chi connectivity index (χ3v) is 6.81. The van der Waals surface area contributed by atoms with Crippen LogP contribution < -0.4 is 5.32 Å². The molecule has 0 saturated carbocycles. The number of thiophene rings is 1. The van der Waals surface area contributed by atoms with Gasteiger partial charge in [-0.1, -0.05) is 24.3 Å². The van der Waals surface area contributed by atoms with Gasteiger partial charge in [0.1, 0.15) is 10.7 Å². The Labute approximate surface area is 176 Å². The number of ether oxygens (including phenoxy) is 1. The van der Waals surface area contributed by atoms with Gasteiger partial charge in [-0.15, -0.1) is 22.7 Å². The highest BCUT2D eigenvalue weighted by Gasteiger charge is 2.20. The molecule has 5 rings (SSSR count). The van der Waals surface area contributed by atoms with Gasteiger partial charge in [-0.3, -0.25) is 4.79 Å². The van der Waals surface area contributed by atoms with Crippen molar-refractivity contribution in [3.8, 4) is 10.6 Å². The second-order valence-electron chi connectivity index (χ2n) is 7.05. The minimum atomic E-state index is -0.131. The Balaban J connectivity index is 1.41. The molecule has 7 heteroatoms. The molecule has 146 valence electrons. The average Bonchev–Trinajstić information content (AvgIpc) is 3.50. The van der Waals surface area contributed by atoms with E-state index < -0.39 is 0 Å². The van der Waals surface area contributed by atoms with Crippen LogP contribution in [0.2, 0.25) is 0 Å². The molecular weight excluding hydrogens is 402 g/mol. The van der Waals surface area contributed by atoms with Crippen LogP contribution in [-0.2, 0) is 11.2 Å². The van der Waals surface area contributed by atoms with Crippen LogP contribution in [-0.4, -0.2) is 35.1 Å². The van der Waals surface area contributed by atoms with Crippen molar-refractivity contribution >= 4 is 38.8 Å². The van der Waals surface area contributed by atoms with E-state index in [0.29, 0.717) is 18.9 Å². The number of carbonyl (C=O) groups is 1. The van der Waals surface area contributed by atoms with Gasteiger partial charge in [0.15, 0.2) is 0 Å². The fourth-order valence-corrected chi connectivity index (χ4v) is 5.02. The molecule has 1 atom stereocenters. The largest absolute Gasteiger partial charge is 0.379 e. The average molecular weight is 422 g/mol. The number of rotatable bonds is 5. The summed E-state index contributed by atoms with van der Waals surface area (Å²) < 4.78 is 6.49. The molecular formula is C22H19N3O2S2. The van der Waals surface area contributed by atoms with Gasteiger partial charge in [0.05, 0.1) is 22.9 Å². The van der Waals surface area contributed by atoms with Crippen LogP contribution in [0, 0.1) is 0 Å². The number of thiazole rings is 1. The summed E-state index contributed by atoms with van der Waals surface area (Å²) in [5.74, 6) is -0.131. The van der Waals surface area contributed by atoms with E-state index in [-0.39, 0.29) is 11.9 Å². The van der Waals surface area contributed by atoms with Gasteiger partial charge < -0.3 is 10.1 Å². The predicted molar refractivity (Wildman–Crippen MR) is 117 cm³/mol. The number of carbonyl (C=O) groups excluding carboxylic acids is 1. The lowest BCUT2D eigenvalue weighted by atomic mass is 10.0. The summed E-state index contributed by atoms with van der Waals surface area (Å²) in [5, 5.41) is 8.07. The van der Waals surface area contributed by atoms with E-state index in [1.165, 1.54) is 5.56 Å². The predicted octanol–water partition coefficient (Wildman–Crippen LogP) is 4.53. The number of fused-ring (bicyclic) bond motifs is 1. The van der Waals surface area contributed by atoms with Crippen molar-refractivity contribution in [2.45, 2.75) is 18.9 Å². The highest BCUT2D eigenvalue weighted by molar-refractivity contribution is 7.17. The van der Waals surface area contributed by atoms with Gasteiger partial charge in [0.2, 0.25) is 0 Å². The Hall–Kier alpha value is -2.61. The monoisotopic (exact) mass is 421 g/mol. The summed E-state index contributed by atoms with van der Waals surface area (Å²) in [7, 11) is 0. The zero-order valence-electron chi connectivity index (χ0n) is 15.6. The highest BCUT2D eigenvalue weighted by Crippen LogP contribution is 2.28. The molecule has 0 unspecified atom stereocenters. The molecule has 1 aliphatic rings. The van der Waals surface area contributed by atoms with E-state index in [9.17, 15) is 4.79 Å². The topological polar surface area (TPSA) is 64.1 Å². The lowest BCUT2D eigenvalue weighted by Gasteiger charge is -2.12. The molecule has 5 nitrogen and oxygen atoms in total. The van der Waals surface area contributed by atoms with Gasteiger partial charge in [-0.2, -0.15) is 0 Å². The summed E-state index contributed by atoms with van der Waals surface area (Å²) >= 11 is 3.30. The van der Waals surface area contributed by atoms with Crippen LogP contribution in [0.3, 0.4) is 0 Å². The van der Waals surface area contributed by atoms with Crippen molar-refractivity contribution in [1.82, 2.24) is 15.3 Å². The smallest absolute Gasteiger partial charge is 0.270 e. The van der Waals surface area contributed by atoms with E-state index in [1.54, 1.807) is 22.7 Å². The molecule has 0 aliphatic carbocycles. The Kier molecular flexibility index (Phi) is 5.10. The summed E-state index contributed by atoms with van der Waals surface area (Å²) in [5.41, 5.74) is 4.79. The molecule has 1 saturated heterocycles. The summed E-state index contributed by atoms with van der Waals surface area (Å²) in [6.07, 6.45) is 3.43. The fourth-order valence-electron chi connectivity index (χ4n) is 3.53. The van der Waals surface area contributed by atoms with Crippen LogP contribution in [0.5, 0.6) is 0 Å². The molecule has 0 spiro atoms. The molecule has 4 aromatic rings. The minimum Gasteiger partial charge on any atom is -0.379 e. The maximum atomic E-state index is 12.7. The van der Waals surface area contributed by atoms with Crippen LogP contribution in [0.15, 0.2) is 53.4 Å². The zero-order chi connectivity index (χ0) is 19.6. The number of benzene rings is 1. The molecule has 0 bridgehead atoms. The Morgan fingerprint density at radius 3 is 2.83 bits per heavy atom. The number of nitrogens with one attached hydrogen (secondary N) is 1. The normalized spacial score (nSPS) is 16.3.